The van der Waals surface area contributed by atoms with Crippen molar-refractivity contribution in [2.24, 2.45) is 7.05 Å². The molecular weight excluding hydrogens is 398 g/mol. The highest BCUT2D eigenvalue weighted by Crippen LogP contribution is 2.23. The van der Waals surface area contributed by atoms with Crippen LogP contribution in [0.2, 0.25) is 5.02 Å². The number of hydrogen-bond acceptors (Lipinski definition) is 6. The number of anilines is 1. The number of nitrogens with one attached hydrogen (secondary N) is 1. The molecule has 0 radical (unpaired) electrons. The van der Waals surface area contributed by atoms with Gasteiger partial charge >= 0.3 is 5.97 Å². The molecule has 8 nitrogen and oxygen atoms in total. The largest absolute Gasteiger partial charge is 0.485 e. The Hall–Kier alpha value is -3.26. The van der Waals surface area contributed by atoms with Crippen molar-refractivity contribution in [3.8, 4) is 5.75 Å². The number of carbonyl (C=O) groups is 2. The van der Waals surface area contributed by atoms with Crippen molar-refractivity contribution in [3.63, 3.8) is 0 Å². The molecule has 0 aliphatic rings. The zero-order chi connectivity index (χ0) is 21.0. The van der Waals surface area contributed by atoms with E-state index in [1.54, 1.807) is 38.2 Å². The molecule has 9 heteroatoms. The molecule has 0 unspecified atom stereocenters. The van der Waals surface area contributed by atoms with Gasteiger partial charge in [-0.25, -0.2) is 4.79 Å². The third-order valence-corrected chi connectivity index (χ3v) is 4.29. The minimum Gasteiger partial charge on any atom is -0.485 e. The second kappa shape index (κ2) is 8.83. The van der Waals surface area contributed by atoms with Crippen LogP contribution >= 0.6 is 11.6 Å². The molecule has 0 atom stereocenters. The molecule has 0 fully saturated rings. The Morgan fingerprint density at radius 1 is 1.28 bits per heavy atom. The molecule has 0 aliphatic heterocycles. The fourth-order valence-corrected chi connectivity index (χ4v) is 2.84. The number of hydrogen-bond donors (Lipinski definition) is 1. The van der Waals surface area contributed by atoms with Gasteiger partial charge in [0.25, 0.3) is 5.91 Å². The Labute approximate surface area is 172 Å². The van der Waals surface area contributed by atoms with E-state index in [-0.39, 0.29) is 30.4 Å². The van der Waals surface area contributed by atoms with E-state index in [0.717, 1.165) is 5.56 Å². The zero-order valence-electron chi connectivity index (χ0n) is 16.2. The Kier molecular flexibility index (Phi) is 6.23. The lowest BCUT2D eigenvalue weighted by Gasteiger charge is -2.08. The summed E-state index contributed by atoms with van der Waals surface area (Å²) in [4.78, 5) is 24.5. The maximum atomic E-state index is 12.5. The average molecular weight is 418 g/mol. The van der Waals surface area contributed by atoms with Gasteiger partial charge in [0, 0.05) is 12.1 Å². The lowest BCUT2D eigenvalue weighted by atomic mass is 10.2. The number of carbonyl (C=O) groups excluding carboxylic acids is 2. The number of amides is 1. The van der Waals surface area contributed by atoms with Crippen LogP contribution in [0.25, 0.3) is 0 Å². The summed E-state index contributed by atoms with van der Waals surface area (Å²) in [6, 6.07) is 8.49. The van der Waals surface area contributed by atoms with E-state index in [9.17, 15) is 9.59 Å². The van der Waals surface area contributed by atoms with Gasteiger partial charge in [0.15, 0.2) is 5.76 Å². The monoisotopic (exact) mass is 417 g/mol. The van der Waals surface area contributed by atoms with Crippen LogP contribution in [0, 0.1) is 6.92 Å². The van der Waals surface area contributed by atoms with Crippen LogP contribution in [-0.2, 0) is 18.4 Å². The fraction of sp³-hybridized carbons (Fsp3) is 0.250. The maximum Gasteiger partial charge on any atom is 0.343 e. The predicted octanol–water partition coefficient (Wildman–Crippen LogP) is 3.98. The molecule has 1 amide bonds. The molecule has 0 saturated carbocycles. The van der Waals surface area contributed by atoms with Crippen molar-refractivity contribution in [3.05, 3.63) is 64.2 Å². The third kappa shape index (κ3) is 4.78. The van der Waals surface area contributed by atoms with E-state index < -0.39 is 11.9 Å². The van der Waals surface area contributed by atoms with Crippen molar-refractivity contribution in [1.82, 2.24) is 9.78 Å². The summed E-state index contributed by atoms with van der Waals surface area (Å²) in [7, 11) is 1.61. The van der Waals surface area contributed by atoms with Crippen LogP contribution < -0.4 is 10.1 Å². The standard InChI is InChI=1S/C20H20ClN3O5/c1-4-27-20(26)15-10-22-24(3)18(15)23-19(25)17-8-6-14(29-17)11-28-16-7-5-13(21)9-12(16)2/h5-10H,4,11H2,1-3H3,(H,23,25). The summed E-state index contributed by atoms with van der Waals surface area (Å²) in [6.45, 7) is 3.95. The highest BCUT2D eigenvalue weighted by molar-refractivity contribution is 6.30. The van der Waals surface area contributed by atoms with Gasteiger partial charge in [-0.3, -0.25) is 9.48 Å². The van der Waals surface area contributed by atoms with Crippen molar-refractivity contribution >= 4 is 29.3 Å². The minimum absolute atomic E-state index is 0.0763. The third-order valence-electron chi connectivity index (χ3n) is 4.06. The first kappa shape index (κ1) is 20.5. The van der Waals surface area contributed by atoms with Gasteiger partial charge in [0.1, 0.15) is 29.5 Å². The number of furan rings is 1. The molecule has 0 saturated heterocycles. The predicted molar refractivity (Wildman–Crippen MR) is 106 cm³/mol. The summed E-state index contributed by atoms with van der Waals surface area (Å²) in [5, 5.41) is 7.25. The Balaban J connectivity index is 1.67. The number of ether oxygens (including phenoxy) is 2. The summed E-state index contributed by atoms with van der Waals surface area (Å²) in [6.07, 6.45) is 1.34. The normalized spacial score (nSPS) is 10.6. The van der Waals surface area contributed by atoms with Gasteiger partial charge in [-0.15, -0.1) is 0 Å². The summed E-state index contributed by atoms with van der Waals surface area (Å²) < 4.78 is 17.6. The van der Waals surface area contributed by atoms with E-state index in [1.807, 2.05) is 6.92 Å². The van der Waals surface area contributed by atoms with Crippen molar-refractivity contribution in [1.29, 1.82) is 0 Å². The molecule has 2 heterocycles. The minimum atomic E-state index is -0.567. The van der Waals surface area contributed by atoms with E-state index in [4.69, 9.17) is 25.5 Å². The highest BCUT2D eigenvalue weighted by atomic mass is 35.5. The van der Waals surface area contributed by atoms with Gasteiger partial charge < -0.3 is 19.2 Å². The SMILES string of the molecule is CCOC(=O)c1cnn(C)c1NC(=O)c1ccc(COc2ccc(Cl)cc2C)o1. The summed E-state index contributed by atoms with van der Waals surface area (Å²) >= 11 is 5.94. The van der Waals surface area contributed by atoms with Crippen LogP contribution in [0.3, 0.4) is 0 Å². The molecule has 1 aromatic carbocycles. The second-order valence-corrected chi connectivity index (χ2v) is 6.61. The molecule has 1 N–H and O–H groups in total. The number of nitrogens with zero attached hydrogens (tertiary/aromatic N) is 2. The molecule has 0 bridgehead atoms. The van der Waals surface area contributed by atoms with Gasteiger partial charge in [-0.05, 0) is 49.7 Å². The summed E-state index contributed by atoms with van der Waals surface area (Å²) in [5.74, 6) is 0.355. The van der Waals surface area contributed by atoms with E-state index in [2.05, 4.69) is 10.4 Å². The number of benzene rings is 1. The van der Waals surface area contributed by atoms with Gasteiger partial charge in [0.05, 0.1) is 12.8 Å². The summed E-state index contributed by atoms with van der Waals surface area (Å²) in [5.41, 5.74) is 1.06. The number of aromatic nitrogens is 2. The Bertz CT molecular complexity index is 1040. The first-order chi connectivity index (χ1) is 13.9. The van der Waals surface area contributed by atoms with Crippen LogP contribution in [0.1, 0.15) is 39.2 Å². The molecular formula is C20H20ClN3O5. The molecule has 152 valence electrons. The number of rotatable bonds is 7. The second-order valence-electron chi connectivity index (χ2n) is 6.17. The lowest BCUT2D eigenvalue weighted by molar-refractivity contribution is 0.0527. The first-order valence-corrected chi connectivity index (χ1v) is 9.25. The maximum absolute atomic E-state index is 12.5. The fourth-order valence-electron chi connectivity index (χ4n) is 2.61. The van der Waals surface area contributed by atoms with E-state index in [0.29, 0.717) is 16.5 Å². The van der Waals surface area contributed by atoms with Gasteiger partial charge in [-0.2, -0.15) is 5.10 Å². The van der Waals surface area contributed by atoms with Crippen LogP contribution in [-0.4, -0.2) is 28.3 Å². The van der Waals surface area contributed by atoms with E-state index >= 15 is 0 Å². The van der Waals surface area contributed by atoms with Crippen LogP contribution in [0.15, 0.2) is 40.9 Å². The quantitative estimate of drug-likeness (QED) is 0.584. The Morgan fingerprint density at radius 2 is 2.07 bits per heavy atom. The number of halogens is 1. The van der Waals surface area contributed by atoms with Crippen molar-refractivity contribution in [2.45, 2.75) is 20.5 Å². The first-order valence-electron chi connectivity index (χ1n) is 8.87. The van der Waals surface area contributed by atoms with Crippen molar-refractivity contribution < 1.29 is 23.5 Å². The van der Waals surface area contributed by atoms with Crippen molar-refractivity contribution in [2.75, 3.05) is 11.9 Å². The van der Waals surface area contributed by atoms with E-state index in [1.165, 1.54) is 16.9 Å². The molecule has 2 aromatic heterocycles. The van der Waals surface area contributed by atoms with Crippen LogP contribution in [0.5, 0.6) is 5.75 Å². The molecule has 3 rings (SSSR count). The molecule has 0 aliphatic carbocycles. The zero-order valence-corrected chi connectivity index (χ0v) is 16.9. The highest BCUT2D eigenvalue weighted by Gasteiger charge is 2.21. The molecule has 29 heavy (non-hydrogen) atoms. The molecule has 0 spiro atoms. The number of esters is 1. The topological polar surface area (TPSA) is 95.6 Å². The Morgan fingerprint density at radius 3 is 2.79 bits per heavy atom. The number of aryl methyl sites for hydroxylation is 2. The van der Waals surface area contributed by atoms with Gasteiger partial charge in [0.2, 0.25) is 0 Å². The lowest BCUT2D eigenvalue weighted by Crippen LogP contribution is -2.17. The molecule has 3 aromatic rings. The van der Waals surface area contributed by atoms with Gasteiger partial charge in [-0.1, -0.05) is 11.6 Å². The average Bonchev–Trinajstić information content (AvgIpc) is 3.29. The smallest absolute Gasteiger partial charge is 0.343 e. The van der Waals surface area contributed by atoms with Crippen LogP contribution in [0.4, 0.5) is 5.82 Å².